The lowest BCUT2D eigenvalue weighted by Gasteiger charge is -2.33. The van der Waals surface area contributed by atoms with Crippen molar-refractivity contribution in [3.63, 3.8) is 0 Å². The van der Waals surface area contributed by atoms with E-state index in [1.54, 1.807) is 32.2 Å². The Bertz CT molecular complexity index is 1430. The highest BCUT2D eigenvalue weighted by Gasteiger charge is 2.33. The third kappa shape index (κ3) is 6.00. The van der Waals surface area contributed by atoms with Crippen molar-refractivity contribution < 1.29 is 14.4 Å². The molecule has 0 spiro atoms. The number of rotatable bonds is 9. The summed E-state index contributed by atoms with van der Waals surface area (Å²) in [5.41, 5.74) is 7.80. The molecule has 0 aliphatic rings. The summed E-state index contributed by atoms with van der Waals surface area (Å²) >= 11 is 1.60. The van der Waals surface area contributed by atoms with Crippen molar-refractivity contribution in [2.45, 2.75) is 51.4 Å². The largest absolute Gasteiger partial charge is 0.361 e. The average Bonchev–Trinajstić information content (AvgIpc) is 3.45. The van der Waals surface area contributed by atoms with E-state index in [9.17, 15) is 14.4 Å². The van der Waals surface area contributed by atoms with Gasteiger partial charge in [-0.1, -0.05) is 36.4 Å². The number of thiophene rings is 1. The number of carbonyl (C=O) groups is 3. The quantitative estimate of drug-likeness (QED) is 0.254. The lowest BCUT2D eigenvalue weighted by atomic mass is 10.0. The van der Waals surface area contributed by atoms with E-state index in [1.165, 1.54) is 11.8 Å². The summed E-state index contributed by atoms with van der Waals surface area (Å²) in [5.74, 6) is -0.991. The summed E-state index contributed by atoms with van der Waals surface area (Å²) in [6.07, 6.45) is 1.98. The molecule has 2 aromatic carbocycles. The first-order chi connectivity index (χ1) is 17.5. The van der Waals surface area contributed by atoms with Crippen LogP contribution in [0, 0.1) is 0 Å². The Kier molecular flexibility index (Phi) is 7.65. The molecule has 0 fully saturated rings. The molecule has 2 aromatic heterocycles. The van der Waals surface area contributed by atoms with Crippen molar-refractivity contribution in [2.75, 3.05) is 7.05 Å². The van der Waals surface area contributed by atoms with Gasteiger partial charge >= 0.3 is 0 Å². The van der Waals surface area contributed by atoms with Gasteiger partial charge in [0.15, 0.2) is 0 Å². The van der Waals surface area contributed by atoms with Gasteiger partial charge < -0.3 is 26.3 Å². The maximum absolute atomic E-state index is 13.9. The Balaban J connectivity index is 1.63. The lowest BCUT2D eigenvalue weighted by molar-refractivity contribution is -0.139. The maximum Gasteiger partial charge on any atom is 0.246 e. The SMILES string of the molecule is CC(=O)N[C@H](Cc1c[nH]c2ccccc12)N(C)C(=O)[C@@H](Cc1csc2ccccc12)NC(=O)C(C)(C)N. The number of nitrogens with one attached hydrogen (secondary N) is 3. The van der Waals surface area contributed by atoms with E-state index in [2.05, 4.69) is 15.6 Å². The molecule has 8 nitrogen and oxygen atoms in total. The third-order valence-corrected chi connectivity index (χ3v) is 7.46. The molecular formula is C28H33N5O3S. The van der Waals surface area contributed by atoms with Gasteiger partial charge in [0, 0.05) is 48.6 Å². The number of amides is 3. The second-order valence-corrected chi connectivity index (χ2v) is 10.8. The van der Waals surface area contributed by atoms with Crippen molar-refractivity contribution in [3.05, 3.63) is 71.2 Å². The molecule has 2 atom stereocenters. The number of para-hydroxylation sites is 1. The molecule has 0 saturated carbocycles. The predicted octanol–water partition coefficient (Wildman–Crippen LogP) is 3.31. The highest BCUT2D eigenvalue weighted by atomic mass is 32.1. The Labute approximate surface area is 220 Å². The van der Waals surface area contributed by atoms with Gasteiger partial charge in [-0.2, -0.15) is 0 Å². The second-order valence-electron chi connectivity index (χ2n) is 9.94. The van der Waals surface area contributed by atoms with E-state index in [4.69, 9.17) is 5.73 Å². The number of carbonyl (C=O) groups excluding carboxylic acids is 3. The molecule has 2 heterocycles. The number of aromatic nitrogens is 1. The van der Waals surface area contributed by atoms with Crippen LogP contribution < -0.4 is 16.4 Å². The molecule has 0 radical (unpaired) electrons. The molecule has 0 saturated heterocycles. The number of aromatic amines is 1. The standard InChI is InChI=1S/C28H33N5O3S/c1-17(34)31-25(14-18-15-30-22-11-7-5-9-20(18)22)33(4)26(35)23(32-27(36)28(2,3)29)13-19-16-37-24-12-8-6-10-21(19)24/h5-12,15-16,23,25,30H,13-14,29H2,1-4H3,(H,31,34)(H,32,36)/t23-,25+/m1/s1. The minimum atomic E-state index is -1.16. The zero-order valence-electron chi connectivity index (χ0n) is 21.5. The lowest BCUT2D eigenvalue weighted by Crippen LogP contribution is -2.59. The van der Waals surface area contributed by atoms with Gasteiger partial charge in [0.2, 0.25) is 17.7 Å². The first kappa shape index (κ1) is 26.4. The van der Waals surface area contributed by atoms with E-state index in [1.807, 2.05) is 60.1 Å². The predicted molar refractivity (Wildman–Crippen MR) is 148 cm³/mol. The van der Waals surface area contributed by atoms with Crippen LogP contribution >= 0.6 is 11.3 Å². The molecule has 0 aliphatic carbocycles. The van der Waals surface area contributed by atoms with Crippen LogP contribution in [0.15, 0.2) is 60.1 Å². The number of fused-ring (bicyclic) bond motifs is 2. The smallest absolute Gasteiger partial charge is 0.246 e. The van der Waals surface area contributed by atoms with Gasteiger partial charge in [0.05, 0.1) is 5.54 Å². The summed E-state index contributed by atoms with van der Waals surface area (Å²) in [5, 5.41) is 9.86. The highest BCUT2D eigenvalue weighted by Crippen LogP contribution is 2.27. The monoisotopic (exact) mass is 519 g/mol. The Morgan fingerprint density at radius 1 is 1.00 bits per heavy atom. The molecule has 0 aliphatic heterocycles. The van der Waals surface area contributed by atoms with Crippen LogP contribution in [0.4, 0.5) is 0 Å². The fourth-order valence-electron chi connectivity index (χ4n) is 4.38. The van der Waals surface area contributed by atoms with E-state index in [0.717, 1.165) is 32.1 Å². The van der Waals surface area contributed by atoms with Crippen LogP contribution in [0.5, 0.6) is 0 Å². The van der Waals surface area contributed by atoms with Crippen molar-refractivity contribution in [3.8, 4) is 0 Å². The summed E-state index contributed by atoms with van der Waals surface area (Å²) in [7, 11) is 1.65. The van der Waals surface area contributed by atoms with Gasteiger partial charge in [-0.3, -0.25) is 14.4 Å². The van der Waals surface area contributed by atoms with Crippen LogP contribution in [0.1, 0.15) is 31.9 Å². The molecule has 5 N–H and O–H groups in total. The number of H-pyrrole nitrogens is 1. The molecule has 3 amide bonds. The van der Waals surface area contributed by atoms with Crippen LogP contribution in [0.2, 0.25) is 0 Å². The minimum Gasteiger partial charge on any atom is -0.361 e. The molecule has 9 heteroatoms. The van der Waals surface area contributed by atoms with Crippen LogP contribution in [0.25, 0.3) is 21.0 Å². The first-order valence-electron chi connectivity index (χ1n) is 12.2. The van der Waals surface area contributed by atoms with Crippen molar-refractivity contribution in [2.24, 2.45) is 5.73 Å². The fraction of sp³-hybridized carbons (Fsp3) is 0.321. The Morgan fingerprint density at radius 3 is 2.38 bits per heavy atom. The summed E-state index contributed by atoms with van der Waals surface area (Å²) < 4.78 is 1.11. The normalized spacial score (nSPS) is 13.3. The van der Waals surface area contributed by atoms with E-state index in [-0.39, 0.29) is 11.8 Å². The zero-order chi connectivity index (χ0) is 26.7. The van der Waals surface area contributed by atoms with Crippen LogP contribution in [-0.4, -0.2) is 52.4 Å². The zero-order valence-corrected chi connectivity index (χ0v) is 22.3. The van der Waals surface area contributed by atoms with E-state index in [0.29, 0.717) is 12.8 Å². The summed E-state index contributed by atoms with van der Waals surface area (Å²) in [6, 6.07) is 15.0. The fourth-order valence-corrected chi connectivity index (χ4v) is 5.36. The number of nitrogens with two attached hydrogens (primary N) is 1. The Morgan fingerprint density at radius 2 is 1.68 bits per heavy atom. The average molecular weight is 520 g/mol. The van der Waals surface area contributed by atoms with Gasteiger partial charge in [-0.25, -0.2) is 0 Å². The van der Waals surface area contributed by atoms with Gasteiger partial charge in [-0.05, 0) is 47.9 Å². The first-order valence-corrected chi connectivity index (χ1v) is 13.1. The molecule has 4 aromatic rings. The van der Waals surface area contributed by atoms with Gasteiger partial charge in [0.25, 0.3) is 0 Å². The molecule has 37 heavy (non-hydrogen) atoms. The highest BCUT2D eigenvalue weighted by molar-refractivity contribution is 7.17. The van der Waals surface area contributed by atoms with Crippen LogP contribution in [0.3, 0.4) is 0 Å². The van der Waals surface area contributed by atoms with E-state index >= 15 is 0 Å². The summed E-state index contributed by atoms with van der Waals surface area (Å²) in [6.45, 7) is 4.63. The van der Waals surface area contributed by atoms with Crippen molar-refractivity contribution in [1.29, 1.82) is 0 Å². The summed E-state index contributed by atoms with van der Waals surface area (Å²) in [4.78, 5) is 43.6. The number of nitrogens with zero attached hydrogens (tertiary/aromatic N) is 1. The van der Waals surface area contributed by atoms with Crippen molar-refractivity contribution in [1.82, 2.24) is 20.5 Å². The van der Waals surface area contributed by atoms with Gasteiger partial charge in [0.1, 0.15) is 12.2 Å². The topological polar surface area (TPSA) is 120 Å². The molecule has 0 bridgehead atoms. The molecule has 4 rings (SSSR count). The Hall–Kier alpha value is -3.69. The molecular weight excluding hydrogens is 486 g/mol. The molecule has 0 unspecified atom stereocenters. The number of benzene rings is 2. The maximum atomic E-state index is 13.9. The third-order valence-electron chi connectivity index (χ3n) is 6.45. The van der Waals surface area contributed by atoms with Crippen molar-refractivity contribution >= 4 is 50.0 Å². The van der Waals surface area contributed by atoms with Crippen LogP contribution in [-0.2, 0) is 27.2 Å². The molecule has 194 valence electrons. The number of hydrogen-bond acceptors (Lipinski definition) is 5. The van der Waals surface area contributed by atoms with Gasteiger partial charge in [-0.15, -0.1) is 11.3 Å². The second kappa shape index (κ2) is 10.7. The minimum absolute atomic E-state index is 0.253. The number of likely N-dealkylation sites (N-methyl/N-ethyl adjacent to an activating group) is 1. The van der Waals surface area contributed by atoms with E-state index < -0.39 is 23.7 Å². The number of hydrogen-bond donors (Lipinski definition) is 4.